The highest BCUT2D eigenvalue weighted by Crippen LogP contribution is 2.41. The van der Waals surface area contributed by atoms with Crippen LogP contribution in [0.4, 0.5) is 0 Å². The maximum atomic E-state index is 13.0. The molecule has 6 heteroatoms. The van der Waals surface area contributed by atoms with Crippen LogP contribution in [0.1, 0.15) is 51.6 Å². The van der Waals surface area contributed by atoms with Gasteiger partial charge in [-0.3, -0.25) is 9.59 Å². The van der Waals surface area contributed by atoms with Gasteiger partial charge in [0, 0.05) is 6.54 Å². The molecular weight excluding hydrogens is 342 g/mol. The Morgan fingerprint density at radius 3 is 2.52 bits per heavy atom. The van der Waals surface area contributed by atoms with Gasteiger partial charge in [0.25, 0.3) is 5.91 Å². The molecule has 1 aliphatic rings. The Bertz CT molecular complexity index is 635. The zero-order chi connectivity index (χ0) is 20.0. The number of rotatable bonds is 7. The second-order valence-corrected chi connectivity index (χ2v) is 8.11. The molecule has 6 nitrogen and oxygen atoms in total. The Hall–Kier alpha value is -1.92. The summed E-state index contributed by atoms with van der Waals surface area (Å²) in [7, 11) is 0. The summed E-state index contributed by atoms with van der Waals surface area (Å²) < 4.78 is 0. The molecule has 4 atom stereocenters. The van der Waals surface area contributed by atoms with E-state index in [0.717, 1.165) is 18.4 Å². The lowest BCUT2D eigenvalue weighted by Gasteiger charge is -2.43. The van der Waals surface area contributed by atoms with Crippen LogP contribution in [0.25, 0.3) is 0 Å². The number of aliphatic hydroxyl groups is 1. The van der Waals surface area contributed by atoms with Crippen molar-refractivity contribution in [3.05, 3.63) is 35.9 Å². The molecular formula is C21H33N3O3. The first kappa shape index (κ1) is 21.4. The highest BCUT2D eigenvalue weighted by molar-refractivity contribution is 5.85. The van der Waals surface area contributed by atoms with E-state index in [1.807, 2.05) is 44.2 Å². The van der Waals surface area contributed by atoms with Crippen molar-refractivity contribution in [1.29, 1.82) is 0 Å². The van der Waals surface area contributed by atoms with Crippen molar-refractivity contribution in [2.24, 2.45) is 23.5 Å². The second-order valence-electron chi connectivity index (χ2n) is 8.11. The molecule has 0 spiro atoms. The first-order chi connectivity index (χ1) is 12.8. The fourth-order valence-corrected chi connectivity index (χ4v) is 4.17. The number of carbonyl (C=O) groups is 2. The van der Waals surface area contributed by atoms with Crippen molar-refractivity contribution in [3.8, 4) is 0 Å². The quantitative estimate of drug-likeness (QED) is 0.583. The number of hydrogen-bond acceptors (Lipinski definition) is 4. The first-order valence-electron chi connectivity index (χ1n) is 9.83. The minimum Gasteiger partial charge on any atom is -0.380 e. The Labute approximate surface area is 161 Å². The third-order valence-corrected chi connectivity index (χ3v) is 5.63. The normalized spacial score (nSPS) is 26.4. The molecule has 0 aliphatic heterocycles. The van der Waals surface area contributed by atoms with Crippen molar-refractivity contribution in [2.45, 2.75) is 51.7 Å². The molecule has 1 aliphatic carbocycles. The highest BCUT2D eigenvalue weighted by atomic mass is 16.3. The van der Waals surface area contributed by atoms with Gasteiger partial charge in [-0.25, -0.2) is 0 Å². The summed E-state index contributed by atoms with van der Waals surface area (Å²) in [4.78, 5) is 24.8. The van der Waals surface area contributed by atoms with Gasteiger partial charge in [-0.2, -0.15) is 0 Å². The molecule has 0 heterocycles. The standard InChI is InChI=1S/C21H33N3O3/c1-14(2)17-10-9-15(3)11-21(17,27)20(26)23-13-18(24-19(25)12-22)16-7-5-4-6-8-16/h4-8,14-15,17-18,27H,9-13,22H2,1-3H3,(H,23,26)(H,24,25)/t15?,17?,18?,21-/m1/s1. The first-order valence-corrected chi connectivity index (χ1v) is 9.83. The van der Waals surface area contributed by atoms with Crippen LogP contribution >= 0.6 is 0 Å². The van der Waals surface area contributed by atoms with Gasteiger partial charge in [0.15, 0.2) is 0 Å². The van der Waals surface area contributed by atoms with Crippen molar-refractivity contribution in [1.82, 2.24) is 10.6 Å². The zero-order valence-electron chi connectivity index (χ0n) is 16.6. The minimum absolute atomic E-state index is 0.0671. The maximum Gasteiger partial charge on any atom is 0.252 e. The lowest BCUT2D eigenvalue weighted by atomic mass is 9.66. The molecule has 1 saturated carbocycles. The lowest BCUT2D eigenvalue weighted by molar-refractivity contribution is -0.156. The molecule has 150 valence electrons. The summed E-state index contributed by atoms with van der Waals surface area (Å²) in [5.41, 5.74) is 4.93. The van der Waals surface area contributed by atoms with Crippen LogP contribution in [0.5, 0.6) is 0 Å². The van der Waals surface area contributed by atoms with E-state index in [1.165, 1.54) is 0 Å². The molecule has 1 aromatic rings. The summed E-state index contributed by atoms with van der Waals surface area (Å²) in [6.45, 7) is 6.26. The lowest BCUT2D eigenvalue weighted by Crippen LogP contribution is -2.57. The van der Waals surface area contributed by atoms with Gasteiger partial charge in [0.05, 0.1) is 12.6 Å². The fraction of sp³-hybridized carbons (Fsp3) is 0.619. The van der Waals surface area contributed by atoms with E-state index in [4.69, 9.17) is 5.73 Å². The van der Waals surface area contributed by atoms with Crippen LogP contribution in [0, 0.1) is 17.8 Å². The van der Waals surface area contributed by atoms with Gasteiger partial charge in [-0.05, 0) is 36.2 Å². The van der Waals surface area contributed by atoms with E-state index in [0.29, 0.717) is 12.3 Å². The molecule has 0 bridgehead atoms. The van der Waals surface area contributed by atoms with E-state index in [-0.39, 0.29) is 36.7 Å². The van der Waals surface area contributed by atoms with Gasteiger partial charge < -0.3 is 21.5 Å². The van der Waals surface area contributed by atoms with Crippen LogP contribution in [0.2, 0.25) is 0 Å². The Balaban J connectivity index is 2.12. The summed E-state index contributed by atoms with van der Waals surface area (Å²) in [6, 6.07) is 9.04. The topological polar surface area (TPSA) is 104 Å². The summed E-state index contributed by atoms with van der Waals surface area (Å²) in [5.74, 6) is -0.186. The SMILES string of the molecule is CC1CCC(C(C)C)[C@@](O)(C(=O)NCC(NC(=O)CN)c2ccccc2)C1. The average Bonchev–Trinajstić information content (AvgIpc) is 2.64. The van der Waals surface area contributed by atoms with E-state index in [1.54, 1.807) is 0 Å². The Kier molecular flexibility index (Phi) is 7.39. The number of benzene rings is 1. The zero-order valence-corrected chi connectivity index (χ0v) is 16.6. The average molecular weight is 376 g/mol. The molecule has 1 fully saturated rings. The Morgan fingerprint density at radius 2 is 1.93 bits per heavy atom. The van der Waals surface area contributed by atoms with Crippen molar-refractivity contribution in [2.75, 3.05) is 13.1 Å². The second kappa shape index (κ2) is 9.33. The van der Waals surface area contributed by atoms with Gasteiger partial charge in [0.2, 0.25) is 5.91 Å². The predicted molar refractivity (Wildman–Crippen MR) is 106 cm³/mol. The predicted octanol–water partition coefficient (Wildman–Crippen LogP) is 1.74. The van der Waals surface area contributed by atoms with Gasteiger partial charge in [-0.15, -0.1) is 0 Å². The number of amides is 2. The van der Waals surface area contributed by atoms with Crippen LogP contribution in [0.3, 0.4) is 0 Å². The molecule has 1 aromatic carbocycles. The number of carbonyl (C=O) groups excluding carboxylic acids is 2. The minimum atomic E-state index is -1.37. The van der Waals surface area contributed by atoms with Crippen LogP contribution in [-0.4, -0.2) is 35.6 Å². The maximum absolute atomic E-state index is 13.0. The molecule has 2 amide bonds. The molecule has 27 heavy (non-hydrogen) atoms. The van der Waals surface area contributed by atoms with Crippen LogP contribution < -0.4 is 16.4 Å². The van der Waals surface area contributed by atoms with Crippen molar-refractivity contribution in [3.63, 3.8) is 0 Å². The number of nitrogens with two attached hydrogens (primary N) is 1. The third kappa shape index (κ3) is 5.30. The molecule has 2 rings (SSSR count). The Morgan fingerprint density at radius 1 is 1.26 bits per heavy atom. The highest BCUT2D eigenvalue weighted by Gasteiger charge is 2.48. The third-order valence-electron chi connectivity index (χ3n) is 5.63. The van der Waals surface area contributed by atoms with E-state index in [2.05, 4.69) is 17.6 Å². The summed E-state index contributed by atoms with van der Waals surface area (Å²) in [5, 5.41) is 17.0. The molecule has 0 aromatic heterocycles. The largest absolute Gasteiger partial charge is 0.380 e. The molecule has 0 radical (unpaired) electrons. The number of hydrogen-bond donors (Lipinski definition) is 4. The van der Waals surface area contributed by atoms with E-state index < -0.39 is 11.6 Å². The van der Waals surface area contributed by atoms with Crippen molar-refractivity contribution >= 4 is 11.8 Å². The van der Waals surface area contributed by atoms with Gasteiger partial charge in [0.1, 0.15) is 5.60 Å². The molecule has 3 unspecified atom stereocenters. The van der Waals surface area contributed by atoms with E-state index in [9.17, 15) is 14.7 Å². The van der Waals surface area contributed by atoms with Gasteiger partial charge >= 0.3 is 0 Å². The monoisotopic (exact) mass is 375 g/mol. The summed E-state index contributed by atoms with van der Waals surface area (Å²) in [6.07, 6.45) is 2.33. The van der Waals surface area contributed by atoms with Crippen LogP contribution in [0.15, 0.2) is 30.3 Å². The van der Waals surface area contributed by atoms with E-state index >= 15 is 0 Å². The molecule has 0 saturated heterocycles. The smallest absolute Gasteiger partial charge is 0.252 e. The van der Waals surface area contributed by atoms with Gasteiger partial charge in [-0.1, -0.05) is 57.5 Å². The number of nitrogens with one attached hydrogen (secondary N) is 2. The van der Waals surface area contributed by atoms with Crippen molar-refractivity contribution < 1.29 is 14.7 Å². The molecule has 5 N–H and O–H groups in total. The fourth-order valence-electron chi connectivity index (χ4n) is 4.17. The van der Waals surface area contributed by atoms with Crippen LogP contribution in [-0.2, 0) is 9.59 Å². The summed E-state index contributed by atoms with van der Waals surface area (Å²) >= 11 is 0.